The first kappa shape index (κ1) is 20.3. The van der Waals surface area contributed by atoms with Crippen LogP contribution in [0.1, 0.15) is 24.1 Å². The summed E-state index contributed by atoms with van der Waals surface area (Å²) in [4.78, 5) is 11.5. The van der Waals surface area contributed by atoms with Gasteiger partial charge < -0.3 is 16.0 Å². The Morgan fingerprint density at radius 1 is 1.03 bits per heavy atom. The Labute approximate surface area is 190 Å². The third-order valence-electron chi connectivity index (χ3n) is 7.22. The minimum absolute atomic E-state index is 0.0235. The van der Waals surface area contributed by atoms with Crippen molar-refractivity contribution >= 4 is 33.1 Å². The van der Waals surface area contributed by atoms with Gasteiger partial charge in [0.25, 0.3) is 0 Å². The molecule has 33 heavy (non-hydrogen) atoms. The number of nitrogen functional groups attached to an aromatic ring is 1. The molecule has 2 aromatic heterocycles. The lowest BCUT2D eigenvalue weighted by atomic mass is 9.97. The lowest BCUT2D eigenvalue weighted by Crippen LogP contribution is -2.51. The molecular weight excluding hydrogens is 420 g/mol. The summed E-state index contributed by atoms with van der Waals surface area (Å²) in [5, 5.41) is 6.05. The number of hydrogen-bond acceptors (Lipinski definition) is 5. The molecule has 3 N–H and O–H groups in total. The maximum Gasteiger partial charge on any atom is 0.157 e. The van der Waals surface area contributed by atoms with Crippen molar-refractivity contribution in [3.05, 3.63) is 59.4 Å². The molecule has 6 rings (SSSR count). The number of anilines is 2. The van der Waals surface area contributed by atoms with Crippen LogP contribution in [-0.4, -0.2) is 35.1 Å². The molecule has 2 saturated heterocycles. The lowest BCUT2D eigenvalue weighted by Gasteiger charge is -2.34. The van der Waals surface area contributed by atoms with Gasteiger partial charge in [-0.1, -0.05) is 24.3 Å². The number of piperazine rings is 1. The van der Waals surface area contributed by atoms with E-state index < -0.39 is 11.6 Å². The summed E-state index contributed by atoms with van der Waals surface area (Å²) in [6, 6.07) is 9.67. The first-order valence-corrected chi connectivity index (χ1v) is 11.4. The second-order valence-corrected chi connectivity index (χ2v) is 9.27. The van der Waals surface area contributed by atoms with Crippen LogP contribution in [0.25, 0.3) is 32.8 Å². The molecule has 7 heteroatoms. The van der Waals surface area contributed by atoms with E-state index in [0.717, 1.165) is 48.4 Å². The number of nitrogens with zero attached hydrogens (tertiary/aromatic N) is 3. The third kappa shape index (κ3) is 3.06. The van der Waals surface area contributed by atoms with Gasteiger partial charge in [-0.25, -0.2) is 13.8 Å². The topological polar surface area (TPSA) is 67.1 Å². The van der Waals surface area contributed by atoms with E-state index in [4.69, 9.17) is 10.7 Å². The van der Waals surface area contributed by atoms with E-state index in [2.05, 4.69) is 15.2 Å². The molecule has 168 valence electrons. The van der Waals surface area contributed by atoms with Crippen molar-refractivity contribution in [1.82, 2.24) is 15.3 Å². The quantitative estimate of drug-likeness (QED) is 0.431. The van der Waals surface area contributed by atoms with E-state index in [0.29, 0.717) is 28.2 Å². The molecule has 0 spiro atoms. The van der Waals surface area contributed by atoms with E-state index in [-0.39, 0.29) is 16.9 Å². The summed E-state index contributed by atoms with van der Waals surface area (Å²) in [7, 11) is 0. The molecule has 2 fully saturated rings. The molecule has 2 aromatic carbocycles. The zero-order valence-corrected chi connectivity index (χ0v) is 18.6. The van der Waals surface area contributed by atoms with Gasteiger partial charge in [-0.2, -0.15) is 0 Å². The van der Waals surface area contributed by atoms with Gasteiger partial charge in [0, 0.05) is 53.4 Å². The number of rotatable bonds is 2. The van der Waals surface area contributed by atoms with E-state index in [1.165, 1.54) is 0 Å². The zero-order valence-electron chi connectivity index (χ0n) is 18.6. The van der Waals surface area contributed by atoms with Crippen LogP contribution in [0.3, 0.4) is 0 Å². The van der Waals surface area contributed by atoms with E-state index in [1.54, 1.807) is 24.4 Å². The van der Waals surface area contributed by atoms with Gasteiger partial charge in [-0.3, -0.25) is 4.98 Å². The summed E-state index contributed by atoms with van der Waals surface area (Å²) in [6.45, 7) is 5.42. The molecule has 0 radical (unpaired) electrons. The highest BCUT2D eigenvalue weighted by Crippen LogP contribution is 2.40. The highest BCUT2D eigenvalue weighted by Gasteiger charge is 2.34. The molecule has 2 aliphatic rings. The minimum atomic E-state index is -0.651. The van der Waals surface area contributed by atoms with Crippen LogP contribution in [0.15, 0.2) is 36.5 Å². The SMILES string of the molecule is Cc1nc(N2CC3CCC(C2)N3)c2cnc(-c3c(F)c(N)cc4ccccc34)c(F)c2c1C. The zero-order chi connectivity index (χ0) is 22.9. The number of aryl methyl sites for hydroxylation is 2. The minimum Gasteiger partial charge on any atom is -0.396 e. The molecular formula is C26H25F2N5. The van der Waals surface area contributed by atoms with E-state index in [9.17, 15) is 0 Å². The fraction of sp³-hybridized carbons (Fsp3) is 0.308. The Morgan fingerprint density at radius 2 is 1.76 bits per heavy atom. The molecule has 2 aliphatic heterocycles. The fourth-order valence-electron chi connectivity index (χ4n) is 5.47. The standard InChI is InChI=1S/C26H25F2N5/c1-13-14(2)31-26(33-11-16-7-8-17(12-33)32-16)19-10-30-25(24(28)21(13)19)22-18-6-4-3-5-15(18)9-20(29)23(22)27/h3-6,9-10,16-17,32H,7-8,11-12,29H2,1-2H3. The largest absolute Gasteiger partial charge is 0.396 e. The van der Waals surface area contributed by atoms with Crippen molar-refractivity contribution < 1.29 is 8.78 Å². The maximum absolute atomic E-state index is 16.2. The lowest BCUT2D eigenvalue weighted by molar-refractivity contribution is 0.464. The summed E-state index contributed by atoms with van der Waals surface area (Å²) >= 11 is 0. The number of benzene rings is 2. The first-order valence-electron chi connectivity index (χ1n) is 11.4. The molecule has 2 unspecified atom stereocenters. The van der Waals surface area contributed by atoms with Crippen LogP contribution in [0.5, 0.6) is 0 Å². The van der Waals surface area contributed by atoms with Crippen LogP contribution in [0.4, 0.5) is 20.3 Å². The molecule has 2 bridgehead atoms. The van der Waals surface area contributed by atoms with E-state index in [1.807, 2.05) is 26.0 Å². The summed E-state index contributed by atoms with van der Waals surface area (Å²) < 4.78 is 31.5. The van der Waals surface area contributed by atoms with Crippen molar-refractivity contribution in [3.63, 3.8) is 0 Å². The second-order valence-electron chi connectivity index (χ2n) is 9.27. The highest BCUT2D eigenvalue weighted by atomic mass is 19.1. The summed E-state index contributed by atoms with van der Waals surface area (Å²) in [5.41, 5.74) is 7.50. The van der Waals surface area contributed by atoms with Crippen molar-refractivity contribution in [2.75, 3.05) is 23.7 Å². The van der Waals surface area contributed by atoms with Crippen molar-refractivity contribution in [2.24, 2.45) is 0 Å². The number of pyridine rings is 2. The van der Waals surface area contributed by atoms with Gasteiger partial charge in [0.05, 0.1) is 5.69 Å². The van der Waals surface area contributed by atoms with Crippen molar-refractivity contribution in [3.8, 4) is 11.3 Å². The predicted octanol–water partition coefficient (Wildman–Crippen LogP) is 4.87. The van der Waals surface area contributed by atoms with Gasteiger partial charge in [-0.05, 0) is 49.1 Å². The highest BCUT2D eigenvalue weighted by molar-refractivity contribution is 6.02. The third-order valence-corrected chi connectivity index (χ3v) is 7.22. The number of halogens is 2. The van der Waals surface area contributed by atoms with Crippen LogP contribution in [0.2, 0.25) is 0 Å². The van der Waals surface area contributed by atoms with Gasteiger partial charge in [-0.15, -0.1) is 0 Å². The first-order chi connectivity index (χ1) is 15.9. The monoisotopic (exact) mass is 445 g/mol. The predicted molar refractivity (Wildman–Crippen MR) is 128 cm³/mol. The average Bonchev–Trinajstić information content (AvgIpc) is 3.15. The molecule has 4 aromatic rings. The Morgan fingerprint density at radius 3 is 2.52 bits per heavy atom. The summed E-state index contributed by atoms with van der Waals surface area (Å²) in [5.74, 6) is -0.436. The smallest absolute Gasteiger partial charge is 0.157 e. The molecule has 4 heterocycles. The Balaban J connectivity index is 1.61. The number of nitrogens with two attached hydrogens (primary N) is 1. The molecule has 0 amide bonds. The molecule has 0 aliphatic carbocycles. The Kier molecular flexibility index (Phi) is 4.52. The van der Waals surface area contributed by atoms with Crippen LogP contribution < -0.4 is 16.0 Å². The summed E-state index contributed by atoms with van der Waals surface area (Å²) in [6.07, 6.45) is 3.93. The molecule has 0 saturated carbocycles. The number of aromatic nitrogens is 2. The van der Waals surface area contributed by atoms with E-state index >= 15 is 8.78 Å². The van der Waals surface area contributed by atoms with Crippen LogP contribution in [0, 0.1) is 25.5 Å². The second kappa shape index (κ2) is 7.35. The maximum atomic E-state index is 16.2. The van der Waals surface area contributed by atoms with Gasteiger partial charge >= 0.3 is 0 Å². The van der Waals surface area contributed by atoms with Crippen molar-refractivity contribution in [1.29, 1.82) is 0 Å². The van der Waals surface area contributed by atoms with Gasteiger partial charge in [0.15, 0.2) is 11.6 Å². The van der Waals surface area contributed by atoms with Crippen LogP contribution in [-0.2, 0) is 0 Å². The van der Waals surface area contributed by atoms with Crippen LogP contribution >= 0.6 is 0 Å². The van der Waals surface area contributed by atoms with Gasteiger partial charge in [0.2, 0.25) is 0 Å². The van der Waals surface area contributed by atoms with Crippen molar-refractivity contribution in [2.45, 2.75) is 38.8 Å². The average molecular weight is 446 g/mol. The number of nitrogens with one attached hydrogen (secondary N) is 1. The Hall–Kier alpha value is -3.32. The molecule has 5 nitrogen and oxygen atoms in total. The molecule has 2 atom stereocenters. The Bertz CT molecular complexity index is 1420. The number of fused-ring (bicyclic) bond motifs is 4. The van der Waals surface area contributed by atoms with Gasteiger partial charge in [0.1, 0.15) is 11.5 Å². The fourth-order valence-corrected chi connectivity index (χ4v) is 5.47. The number of hydrogen-bond donors (Lipinski definition) is 2. The normalized spacial score (nSPS) is 20.2.